The standard InChI is InChI=1S/C35H28N2O6S/c1-20-16-21(2)30-28(17-20)44-35(36-30)37-31(23-8-11-25(12-9-23)43-19-22-6-4-3-5-7-22)29(33(39)34(37)40)32(38)24-10-13-26-27(18-24)42-15-14-41-26/h3-13,16-18,31,38H,14-15,19H2,1-2H3/t31-/m1/s1. The molecule has 44 heavy (non-hydrogen) atoms. The Hall–Kier alpha value is -5.15. The molecule has 0 radical (unpaired) electrons. The third-order valence-corrected chi connectivity index (χ3v) is 8.73. The summed E-state index contributed by atoms with van der Waals surface area (Å²) < 4.78 is 18.2. The van der Waals surface area contributed by atoms with Crippen LogP contribution in [0.1, 0.15) is 33.9 Å². The Morgan fingerprint density at radius 3 is 2.48 bits per heavy atom. The lowest BCUT2D eigenvalue weighted by Crippen LogP contribution is -2.29. The second-order valence-electron chi connectivity index (χ2n) is 10.8. The van der Waals surface area contributed by atoms with Crippen LogP contribution in [0.4, 0.5) is 5.13 Å². The molecule has 4 aromatic carbocycles. The van der Waals surface area contributed by atoms with Gasteiger partial charge in [-0.05, 0) is 72.5 Å². The van der Waals surface area contributed by atoms with E-state index in [1.165, 1.54) is 16.2 Å². The Bertz CT molecular complexity index is 1950. The molecular weight excluding hydrogens is 576 g/mol. The van der Waals surface area contributed by atoms with E-state index in [-0.39, 0.29) is 11.3 Å². The summed E-state index contributed by atoms with van der Waals surface area (Å²) in [5.74, 6) is -0.206. The minimum atomic E-state index is -0.923. The number of thiazole rings is 1. The van der Waals surface area contributed by atoms with E-state index in [4.69, 9.17) is 19.2 Å². The molecule has 2 aliphatic heterocycles. The van der Waals surface area contributed by atoms with E-state index in [0.717, 1.165) is 26.9 Å². The molecule has 0 aliphatic carbocycles. The zero-order valence-corrected chi connectivity index (χ0v) is 24.9. The molecule has 7 rings (SSSR count). The number of Topliss-reactive ketones (excluding diaryl/α,β-unsaturated/α-hetero) is 1. The number of aliphatic hydroxyl groups is 1. The number of nitrogens with zero attached hydrogens (tertiary/aromatic N) is 2. The number of carbonyl (C=O) groups is 2. The SMILES string of the molecule is Cc1cc(C)c2nc(N3C(=O)C(=O)C(=C(O)c4ccc5c(c4)OCCO5)[C@H]3c3ccc(OCc4ccccc4)cc3)sc2c1. The number of fused-ring (bicyclic) bond motifs is 2. The third-order valence-electron chi connectivity index (χ3n) is 7.73. The molecule has 8 nitrogen and oxygen atoms in total. The molecule has 0 unspecified atom stereocenters. The lowest BCUT2D eigenvalue weighted by atomic mass is 9.95. The zero-order valence-electron chi connectivity index (χ0n) is 24.1. The van der Waals surface area contributed by atoms with Gasteiger partial charge in [0.15, 0.2) is 16.6 Å². The zero-order chi connectivity index (χ0) is 30.4. The normalized spacial score (nSPS) is 17.3. The van der Waals surface area contributed by atoms with Gasteiger partial charge in [-0.2, -0.15) is 0 Å². The van der Waals surface area contributed by atoms with E-state index in [0.29, 0.717) is 53.3 Å². The van der Waals surface area contributed by atoms with Crippen LogP contribution in [0.5, 0.6) is 17.2 Å². The molecule has 1 fully saturated rings. The highest BCUT2D eigenvalue weighted by Gasteiger charge is 2.48. The number of anilines is 1. The minimum Gasteiger partial charge on any atom is -0.507 e. The summed E-state index contributed by atoms with van der Waals surface area (Å²) in [6, 6.07) is 25.1. The second kappa shape index (κ2) is 11.2. The van der Waals surface area contributed by atoms with Crippen molar-refractivity contribution in [1.29, 1.82) is 0 Å². The smallest absolute Gasteiger partial charge is 0.301 e. The molecule has 0 saturated carbocycles. The number of ketones is 1. The number of hydrogen-bond acceptors (Lipinski definition) is 8. The molecule has 3 heterocycles. The van der Waals surface area contributed by atoms with Crippen molar-refractivity contribution in [3.8, 4) is 17.2 Å². The fraction of sp³-hybridized carbons (Fsp3) is 0.171. The maximum absolute atomic E-state index is 13.8. The Morgan fingerprint density at radius 1 is 0.955 bits per heavy atom. The number of aliphatic hydroxyl groups excluding tert-OH is 1. The topological polar surface area (TPSA) is 98.2 Å². The van der Waals surface area contributed by atoms with E-state index < -0.39 is 17.7 Å². The molecule has 1 aromatic heterocycles. The van der Waals surface area contributed by atoms with Crippen LogP contribution >= 0.6 is 11.3 Å². The monoisotopic (exact) mass is 604 g/mol. The quantitative estimate of drug-likeness (QED) is 0.128. The van der Waals surface area contributed by atoms with Gasteiger partial charge in [-0.15, -0.1) is 0 Å². The summed E-state index contributed by atoms with van der Waals surface area (Å²) in [5.41, 5.74) is 4.80. The highest BCUT2D eigenvalue weighted by Crippen LogP contribution is 2.45. The number of rotatable bonds is 6. The third kappa shape index (κ3) is 4.95. The molecule has 1 saturated heterocycles. The number of amides is 1. The summed E-state index contributed by atoms with van der Waals surface area (Å²) in [5, 5.41) is 12.0. The predicted molar refractivity (Wildman–Crippen MR) is 169 cm³/mol. The van der Waals surface area contributed by atoms with Crippen molar-refractivity contribution < 1.29 is 28.9 Å². The molecule has 9 heteroatoms. The average molecular weight is 605 g/mol. The fourth-order valence-electron chi connectivity index (χ4n) is 5.64. The Morgan fingerprint density at radius 2 is 1.70 bits per heavy atom. The molecule has 1 atom stereocenters. The van der Waals surface area contributed by atoms with Crippen molar-refractivity contribution in [2.45, 2.75) is 26.5 Å². The van der Waals surface area contributed by atoms with Gasteiger partial charge in [0.1, 0.15) is 31.3 Å². The van der Waals surface area contributed by atoms with Crippen LogP contribution < -0.4 is 19.1 Å². The lowest BCUT2D eigenvalue weighted by Gasteiger charge is -2.23. The summed E-state index contributed by atoms with van der Waals surface area (Å²) >= 11 is 1.34. The molecule has 0 spiro atoms. The molecule has 2 aliphatic rings. The van der Waals surface area contributed by atoms with Gasteiger partial charge in [0.25, 0.3) is 5.78 Å². The first kappa shape index (κ1) is 27.7. The molecule has 1 amide bonds. The maximum atomic E-state index is 13.8. The predicted octanol–water partition coefficient (Wildman–Crippen LogP) is 6.89. The average Bonchev–Trinajstić information content (AvgIpc) is 3.58. The molecule has 1 N–H and O–H groups in total. The molecule has 220 valence electrons. The van der Waals surface area contributed by atoms with Crippen LogP contribution in [0, 0.1) is 13.8 Å². The van der Waals surface area contributed by atoms with Crippen LogP contribution in [-0.4, -0.2) is 35.0 Å². The largest absolute Gasteiger partial charge is 0.507 e. The van der Waals surface area contributed by atoms with E-state index in [9.17, 15) is 14.7 Å². The highest BCUT2D eigenvalue weighted by molar-refractivity contribution is 7.22. The van der Waals surface area contributed by atoms with E-state index in [2.05, 4.69) is 0 Å². The first-order valence-corrected chi connectivity index (χ1v) is 15.0. The summed E-state index contributed by atoms with van der Waals surface area (Å²) in [6.45, 7) is 5.17. The number of aromatic nitrogens is 1. The number of aryl methyl sites for hydroxylation is 2. The minimum absolute atomic E-state index is 0.0307. The fourth-order valence-corrected chi connectivity index (χ4v) is 6.81. The van der Waals surface area contributed by atoms with Gasteiger partial charge in [-0.3, -0.25) is 14.5 Å². The number of hydrogen-bond donors (Lipinski definition) is 1. The van der Waals surface area contributed by atoms with Crippen LogP contribution in [0.25, 0.3) is 16.0 Å². The first-order valence-electron chi connectivity index (χ1n) is 14.2. The summed E-state index contributed by atoms with van der Waals surface area (Å²) in [4.78, 5) is 33.7. The summed E-state index contributed by atoms with van der Waals surface area (Å²) in [7, 11) is 0. The number of benzene rings is 4. The van der Waals surface area contributed by atoms with Gasteiger partial charge < -0.3 is 19.3 Å². The second-order valence-corrected chi connectivity index (χ2v) is 11.8. The van der Waals surface area contributed by atoms with E-state index in [1.807, 2.05) is 68.4 Å². The van der Waals surface area contributed by atoms with Gasteiger partial charge in [0.2, 0.25) is 0 Å². The molecule has 0 bridgehead atoms. The van der Waals surface area contributed by atoms with Crippen LogP contribution in [-0.2, 0) is 16.2 Å². The van der Waals surface area contributed by atoms with Gasteiger partial charge in [-0.25, -0.2) is 4.98 Å². The Kier molecular flexibility index (Phi) is 7.02. The lowest BCUT2D eigenvalue weighted by molar-refractivity contribution is -0.132. The van der Waals surface area contributed by atoms with Crippen molar-refractivity contribution in [2.75, 3.05) is 18.1 Å². The molecule has 5 aromatic rings. The van der Waals surface area contributed by atoms with Crippen molar-refractivity contribution in [2.24, 2.45) is 0 Å². The Balaban J connectivity index is 1.32. The van der Waals surface area contributed by atoms with Crippen molar-refractivity contribution in [3.05, 3.63) is 118 Å². The van der Waals surface area contributed by atoms with Crippen molar-refractivity contribution in [3.63, 3.8) is 0 Å². The van der Waals surface area contributed by atoms with E-state index in [1.54, 1.807) is 30.3 Å². The maximum Gasteiger partial charge on any atom is 0.301 e. The van der Waals surface area contributed by atoms with Gasteiger partial charge in [0, 0.05) is 5.56 Å². The van der Waals surface area contributed by atoms with Crippen LogP contribution in [0.3, 0.4) is 0 Å². The first-order chi connectivity index (χ1) is 21.4. The van der Waals surface area contributed by atoms with Crippen molar-refractivity contribution >= 4 is 44.1 Å². The van der Waals surface area contributed by atoms with Crippen LogP contribution in [0.2, 0.25) is 0 Å². The number of ether oxygens (including phenoxy) is 3. The number of carbonyl (C=O) groups excluding carboxylic acids is 2. The Labute approximate surface area is 257 Å². The van der Waals surface area contributed by atoms with Gasteiger partial charge in [0.05, 0.1) is 21.8 Å². The van der Waals surface area contributed by atoms with Crippen LogP contribution in [0.15, 0.2) is 90.5 Å². The van der Waals surface area contributed by atoms with Gasteiger partial charge in [-0.1, -0.05) is 59.9 Å². The summed E-state index contributed by atoms with van der Waals surface area (Å²) in [6.07, 6.45) is 0. The van der Waals surface area contributed by atoms with Crippen molar-refractivity contribution in [1.82, 2.24) is 4.98 Å². The van der Waals surface area contributed by atoms with Gasteiger partial charge >= 0.3 is 5.91 Å². The highest BCUT2D eigenvalue weighted by atomic mass is 32.1. The van der Waals surface area contributed by atoms with E-state index >= 15 is 0 Å². The molecular formula is C35H28N2O6S.